The summed E-state index contributed by atoms with van der Waals surface area (Å²) in [6, 6.07) is 6.67. The quantitative estimate of drug-likeness (QED) is 0.858. The Balaban J connectivity index is 2.13. The highest BCUT2D eigenvalue weighted by Gasteiger charge is 2.18. The number of benzene rings is 1. The molecule has 1 aliphatic heterocycles. The van der Waals surface area contributed by atoms with Crippen molar-refractivity contribution in [1.29, 1.82) is 0 Å². The van der Waals surface area contributed by atoms with Crippen LogP contribution in [0.5, 0.6) is 0 Å². The summed E-state index contributed by atoms with van der Waals surface area (Å²) in [7, 11) is -3.58. The molecular formula is C13H18N2O3S. The van der Waals surface area contributed by atoms with E-state index in [0.29, 0.717) is 19.6 Å². The maximum atomic E-state index is 12.0. The van der Waals surface area contributed by atoms with Crippen molar-refractivity contribution in [1.82, 2.24) is 4.83 Å². The van der Waals surface area contributed by atoms with Crippen LogP contribution in [0.1, 0.15) is 18.9 Å². The van der Waals surface area contributed by atoms with Crippen LogP contribution in [0.2, 0.25) is 0 Å². The predicted octanol–water partition coefficient (Wildman–Crippen LogP) is 1.69. The highest BCUT2D eigenvalue weighted by molar-refractivity contribution is 7.89. The summed E-state index contributed by atoms with van der Waals surface area (Å²) in [5.74, 6) is 0.148. The van der Waals surface area contributed by atoms with Crippen molar-refractivity contribution < 1.29 is 13.2 Å². The molecule has 5 nitrogen and oxygen atoms in total. The minimum atomic E-state index is -3.58. The molecule has 6 heteroatoms. The zero-order chi connectivity index (χ0) is 13.9. The SMILES string of the molecule is Cc1ccc(S(=O)(=O)N/N=C2/CCOCC2C)cc1. The van der Waals surface area contributed by atoms with Crippen molar-refractivity contribution in [3.05, 3.63) is 29.8 Å². The third-order valence-electron chi connectivity index (χ3n) is 3.08. The Kier molecular flexibility index (Phi) is 4.21. The monoisotopic (exact) mass is 282 g/mol. The zero-order valence-electron chi connectivity index (χ0n) is 11.1. The van der Waals surface area contributed by atoms with Gasteiger partial charge in [0, 0.05) is 18.1 Å². The summed E-state index contributed by atoms with van der Waals surface area (Å²) in [5, 5.41) is 4.03. The molecule has 104 valence electrons. The fourth-order valence-electron chi connectivity index (χ4n) is 1.83. The second-order valence-electron chi connectivity index (χ2n) is 4.74. The molecular weight excluding hydrogens is 264 g/mol. The molecule has 1 heterocycles. The molecule has 1 atom stereocenters. The first-order valence-electron chi connectivity index (χ1n) is 6.22. The Labute approximate surface area is 113 Å². The zero-order valence-corrected chi connectivity index (χ0v) is 11.9. The molecule has 1 aromatic carbocycles. The highest BCUT2D eigenvalue weighted by Crippen LogP contribution is 2.12. The van der Waals surface area contributed by atoms with E-state index >= 15 is 0 Å². The fourth-order valence-corrected chi connectivity index (χ4v) is 2.67. The molecule has 1 aliphatic rings. The number of aryl methyl sites for hydroxylation is 1. The standard InChI is InChI=1S/C13H18N2O3S/c1-10-3-5-12(6-4-10)19(16,17)15-14-13-7-8-18-9-11(13)2/h3-6,11,15H,7-9H2,1-2H3/b14-13-. The smallest absolute Gasteiger partial charge is 0.276 e. The van der Waals surface area contributed by atoms with Crippen LogP contribution in [0.25, 0.3) is 0 Å². The Hall–Kier alpha value is -1.40. The lowest BCUT2D eigenvalue weighted by Crippen LogP contribution is -2.29. The van der Waals surface area contributed by atoms with Gasteiger partial charge in [0.25, 0.3) is 10.0 Å². The predicted molar refractivity (Wildman–Crippen MR) is 73.5 cm³/mol. The van der Waals surface area contributed by atoms with Crippen molar-refractivity contribution >= 4 is 15.7 Å². The molecule has 1 aromatic rings. The Morgan fingerprint density at radius 1 is 1.32 bits per heavy atom. The molecule has 0 radical (unpaired) electrons. The second-order valence-corrected chi connectivity index (χ2v) is 6.40. The van der Waals surface area contributed by atoms with Crippen LogP contribution < -0.4 is 4.83 Å². The van der Waals surface area contributed by atoms with Gasteiger partial charge >= 0.3 is 0 Å². The highest BCUT2D eigenvalue weighted by atomic mass is 32.2. The number of hydrogen-bond acceptors (Lipinski definition) is 4. The van der Waals surface area contributed by atoms with E-state index in [1.54, 1.807) is 24.3 Å². The summed E-state index contributed by atoms with van der Waals surface area (Å²) in [5.41, 5.74) is 1.85. The lowest BCUT2D eigenvalue weighted by molar-refractivity contribution is 0.110. The molecule has 0 bridgehead atoms. The number of hydrogen-bond donors (Lipinski definition) is 1. The molecule has 19 heavy (non-hydrogen) atoms. The van der Waals surface area contributed by atoms with Crippen LogP contribution in [-0.2, 0) is 14.8 Å². The van der Waals surface area contributed by atoms with Gasteiger partial charge in [-0.25, -0.2) is 4.83 Å². The molecule has 0 aromatic heterocycles. The summed E-state index contributed by atoms with van der Waals surface area (Å²) < 4.78 is 29.4. The van der Waals surface area contributed by atoms with Gasteiger partial charge in [0.1, 0.15) is 0 Å². The Morgan fingerprint density at radius 3 is 2.63 bits per heavy atom. The van der Waals surface area contributed by atoms with Crippen molar-refractivity contribution in [2.24, 2.45) is 11.0 Å². The van der Waals surface area contributed by atoms with Crippen LogP contribution in [-0.4, -0.2) is 27.3 Å². The normalized spacial score (nSPS) is 22.4. The Bertz CT molecular complexity index is 564. The third kappa shape index (κ3) is 3.54. The van der Waals surface area contributed by atoms with E-state index in [1.165, 1.54) is 0 Å². The minimum absolute atomic E-state index is 0.148. The number of nitrogens with one attached hydrogen (secondary N) is 1. The summed E-state index contributed by atoms with van der Waals surface area (Å²) in [4.78, 5) is 2.52. The molecule has 2 rings (SSSR count). The van der Waals surface area contributed by atoms with Gasteiger partial charge in [-0.2, -0.15) is 13.5 Å². The van der Waals surface area contributed by atoms with Crippen molar-refractivity contribution in [2.45, 2.75) is 25.2 Å². The molecule has 0 saturated carbocycles. The van der Waals surface area contributed by atoms with Crippen LogP contribution in [0.3, 0.4) is 0 Å². The molecule has 1 saturated heterocycles. The van der Waals surface area contributed by atoms with Crippen LogP contribution in [0.15, 0.2) is 34.3 Å². The second kappa shape index (κ2) is 5.71. The first-order valence-corrected chi connectivity index (χ1v) is 7.70. The first kappa shape index (κ1) is 14.0. The van der Waals surface area contributed by atoms with Gasteiger partial charge in [-0.15, -0.1) is 0 Å². The van der Waals surface area contributed by atoms with E-state index in [9.17, 15) is 8.42 Å². The average Bonchev–Trinajstić information content (AvgIpc) is 2.38. The number of sulfonamides is 1. The van der Waals surface area contributed by atoms with E-state index in [1.807, 2.05) is 13.8 Å². The molecule has 0 aliphatic carbocycles. The molecule has 1 N–H and O–H groups in total. The van der Waals surface area contributed by atoms with Crippen LogP contribution >= 0.6 is 0 Å². The van der Waals surface area contributed by atoms with E-state index in [-0.39, 0.29) is 10.8 Å². The lowest BCUT2D eigenvalue weighted by atomic mass is 10.0. The topological polar surface area (TPSA) is 67.8 Å². The number of nitrogens with zero attached hydrogens (tertiary/aromatic N) is 1. The van der Waals surface area contributed by atoms with Gasteiger partial charge in [-0.05, 0) is 19.1 Å². The molecule has 1 fully saturated rings. The molecule has 1 unspecified atom stereocenters. The first-order chi connectivity index (χ1) is 8.99. The maximum Gasteiger partial charge on any atom is 0.276 e. The largest absolute Gasteiger partial charge is 0.380 e. The minimum Gasteiger partial charge on any atom is -0.380 e. The van der Waals surface area contributed by atoms with E-state index in [0.717, 1.165) is 11.3 Å². The Morgan fingerprint density at radius 2 is 2.00 bits per heavy atom. The summed E-state index contributed by atoms with van der Waals surface area (Å²) in [6.45, 7) is 5.06. The third-order valence-corrected chi connectivity index (χ3v) is 4.30. The van der Waals surface area contributed by atoms with Crippen LogP contribution in [0.4, 0.5) is 0 Å². The number of hydrazone groups is 1. The molecule has 0 spiro atoms. The van der Waals surface area contributed by atoms with Gasteiger partial charge < -0.3 is 4.74 Å². The van der Waals surface area contributed by atoms with E-state index < -0.39 is 10.0 Å². The van der Waals surface area contributed by atoms with Gasteiger partial charge in [0.2, 0.25) is 0 Å². The van der Waals surface area contributed by atoms with E-state index in [4.69, 9.17) is 4.74 Å². The van der Waals surface area contributed by atoms with Crippen molar-refractivity contribution in [3.63, 3.8) is 0 Å². The summed E-state index contributed by atoms with van der Waals surface area (Å²) in [6.07, 6.45) is 0.664. The van der Waals surface area contributed by atoms with Crippen molar-refractivity contribution in [2.75, 3.05) is 13.2 Å². The van der Waals surface area contributed by atoms with Gasteiger partial charge in [-0.1, -0.05) is 24.6 Å². The van der Waals surface area contributed by atoms with Gasteiger partial charge in [-0.3, -0.25) is 0 Å². The van der Waals surface area contributed by atoms with Gasteiger partial charge in [0.05, 0.1) is 18.1 Å². The number of ether oxygens (including phenoxy) is 1. The van der Waals surface area contributed by atoms with Gasteiger partial charge in [0.15, 0.2) is 0 Å². The van der Waals surface area contributed by atoms with E-state index in [2.05, 4.69) is 9.93 Å². The van der Waals surface area contributed by atoms with Crippen molar-refractivity contribution in [3.8, 4) is 0 Å². The fraction of sp³-hybridized carbons (Fsp3) is 0.462. The maximum absolute atomic E-state index is 12.0. The average molecular weight is 282 g/mol. The summed E-state index contributed by atoms with van der Waals surface area (Å²) >= 11 is 0. The lowest BCUT2D eigenvalue weighted by Gasteiger charge is -2.20. The molecule has 0 amide bonds. The number of rotatable bonds is 3. The van der Waals surface area contributed by atoms with Crippen LogP contribution in [0, 0.1) is 12.8 Å².